The Hall–Kier alpha value is 0.100. The molecule has 0 aromatic rings. The van der Waals surface area contributed by atoms with Gasteiger partial charge in [0.1, 0.15) is 0 Å². The molecular formula is C8H12O2S2. The van der Waals surface area contributed by atoms with Crippen molar-refractivity contribution in [3.05, 3.63) is 12.7 Å². The Balaban J connectivity index is 2.09. The number of thiocarbonyl (C=S) groups is 1. The highest BCUT2D eigenvalue weighted by Gasteiger charge is 2.16. The summed E-state index contributed by atoms with van der Waals surface area (Å²) in [6, 6.07) is 0. The molecule has 0 aromatic heterocycles. The SMILES string of the molecule is C=CCOC[C@@H]1CSC(=S)CO1. The van der Waals surface area contributed by atoms with Gasteiger partial charge in [-0.25, -0.2) is 0 Å². The summed E-state index contributed by atoms with van der Waals surface area (Å²) in [7, 11) is 0. The average Bonchev–Trinajstić information content (AvgIpc) is 2.09. The van der Waals surface area contributed by atoms with Gasteiger partial charge in [-0.3, -0.25) is 0 Å². The molecule has 12 heavy (non-hydrogen) atoms. The van der Waals surface area contributed by atoms with Gasteiger partial charge in [0, 0.05) is 5.75 Å². The van der Waals surface area contributed by atoms with E-state index < -0.39 is 0 Å². The van der Waals surface area contributed by atoms with Crippen LogP contribution >= 0.6 is 24.0 Å². The molecule has 1 aliphatic rings. The van der Waals surface area contributed by atoms with Crippen LogP contribution in [0.1, 0.15) is 0 Å². The maximum atomic E-state index is 5.42. The van der Waals surface area contributed by atoms with Crippen LogP contribution in [0.2, 0.25) is 0 Å². The van der Waals surface area contributed by atoms with Crippen LogP contribution in [0.15, 0.2) is 12.7 Å². The lowest BCUT2D eigenvalue weighted by atomic mass is 10.4. The number of hydrogen-bond donors (Lipinski definition) is 0. The van der Waals surface area contributed by atoms with Gasteiger partial charge in [-0.1, -0.05) is 18.3 Å². The minimum atomic E-state index is 0.196. The molecule has 1 rings (SSSR count). The predicted octanol–water partition coefficient (Wildman–Crippen LogP) is 1.65. The van der Waals surface area contributed by atoms with Gasteiger partial charge in [0.15, 0.2) is 0 Å². The first-order valence-corrected chi connectivity index (χ1v) is 5.18. The van der Waals surface area contributed by atoms with Gasteiger partial charge in [-0.2, -0.15) is 0 Å². The molecular weight excluding hydrogens is 192 g/mol. The average molecular weight is 204 g/mol. The second kappa shape index (κ2) is 5.70. The van der Waals surface area contributed by atoms with Gasteiger partial charge < -0.3 is 9.47 Å². The summed E-state index contributed by atoms with van der Waals surface area (Å²) >= 11 is 6.66. The molecule has 1 saturated heterocycles. The Labute approximate surface area is 82.3 Å². The molecule has 1 aliphatic heterocycles. The largest absolute Gasteiger partial charge is 0.375 e. The molecule has 1 fully saturated rings. The van der Waals surface area contributed by atoms with Crippen LogP contribution in [-0.4, -0.2) is 35.9 Å². The third-order valence-corrected chi connectivity index (χ3v) is 2.86. The summed E-state index contributed by atoms with van der Waals surface area (Å²) in [5.74, 6) is 0.913. The van der Waals surface area contributed by atoms with Crippen LogP contribution in [0.4, 0.5) is 0 Å². The topological polar surface area (TPSA) is 18.5 Å². The van der Waals surface area contributed by atoms with E-state index in [2.05, 4.69) is 6.58 Å². The second-order valence-corrected chi connectivity index (χ2v) is 4.31. The Morgan fingerprint density at radius 3 is 3.25 bits per heavy atom. The summed E-state index contributed by atoms with van der Waals surface area (Å²) < 4.78 is 11.6. The van der Waals surface area contributed by atoms with Crippen LogP contribution in [0.25, 0.3) is 0 Å². The Morgan fingerprint density at radius 2 is 2.67 bits per heavy atom. The van der Waals surface area contributed by atoms with Gasteiger partial charge in [0.2, 0.25) is 0 Å². The molecule has 0 saturated carbocycles. The smallest absolute Gasteiger partial charge is 0.0907 e. The summed E-state index contributed by atoms with van der Waals surface area (Å²) in [6.07, 6.45) is 1.93. The van der Waals surface area contributed by atoms with E-state index in [0.29, 0.717) is 19.8 Å². The van der Waals surface area contributed by atoms with Gasteiger partial charge >= 0.3 is 0 Å². The lowest BCUT2D eigenvalue weighted by Crippen LogP contribution is -2.29. The zero-order valence-electron chi connectivity index (χ0n) is 6.82. The van der Waals surface area contributed by atoms with Crippen molar-refractivity contribution in [2.75, 3.05) is 25.6 Å². The van der Waals surface area contributed by atoms with E-state index in [4.69, 9.17) is 21.7 Å². The summed E-state index contributed by atoms with van der Waals surface area (Å²) in [4.78, 5) is 0. The van der Waals surface area contributed by atoms with Crippen molar-refractivity contribution in [3.63, 3.8) is 0 Å². The van der Waals surface area contributed by atoms with Crippen molar-refractivity contribution in [1.82, 2.24) is 0 Å². The standard InChI is InChI=1S/C8H12O2S2/c1-2-3-9-4-7-6-12-8(11)5-10-7/h2,7H,1,3-6H2/t7-/m1/s1. The highest BCUT2D eigenvalue weighted by Crippen LogP contribution is 2.15. The fraction of sp³-hybridized carbons (Fsp3) is 0.625. The fourth-order valence-electron chi connectivity index (χ4n) is 0.841. The normalized spacial score (nSPS) is 24.0. The molecule has 0 radical (unpaired) electrons. The van der Waals surface area contributed by atoms with Gasteiger partial charge in [-0.05, 0) is 0 Å². The van der Waals surface area contributed by atoms with Crippen LogP contribution in [0, 0.1) is 0 Å². The van der Waals surface area contributed by atoms with Crippen molar-refractivity contribution in [3.8, 4) is 0 Å². The van der Waals surface area contributed by atoms with Gasteiger partial charge in [-0.15, -0.1) is 18.3 Å². The third-order valence-electron chi connectivity index (χ3n) is 1.41. The van der Waals surface area contributed by atoms with E-state index in [-0.39, 0.29) is 6.10 Å². The number of thioether (sulfide) groups is 1. The Kier molecular flexibility index (Phi) is 4.83. The van der Waals surface area contributed by atoms with Crippen LogP contribution in [-0.2, 0) is 9.47 Å². The number of rotatable bonds is 4. The lowest BCUT2D eigenvalue weighted by molar-refractivity contribution is 0.0188. The second-order valence-electron chi connectivity index (χ2n) is 2.44. The molecule has 1 heterocycles. The molecule has 0 aromatic carbocycles. The summed E-state index contributed by atoms with van der Waals surface area (Å²) in [6.45, 7) is 5.38. The predicted molar refractivity (Wildman–Crippen MR) is 55.8 cm³/mol. The van der Waals surface area contributed by atoms with Crippen molar-refractivity contribution in [2.24, 2.45) is 0 Å². The van der Waals surface area contributed by atoms with Crippen molar-refractivity contribution >= 4 is 28.2 Å². The van der Waals surface area contributed by atoms with Crippen molar-refractivity contribution in [1.29, 1.82) is 0 Å². The Bertz CT molecular complexity index is 160. The maximum absolute atomic E-state index is 5.42. The van der Waals surface area contributed by atoms with E-state index >= 15 is 0 Å². The van der Waals surface area contributed by atoms with E-state index in [1.54, 1.807) is 17.8 Å². The number of hydrogen-bond acceptors (Lipinski definition) is 4. The van der Waals surface area contributed by atoms with Crippen molar-refractivity contribution in [2.45, 2.75) is 6.10 Å². The molecule has 1 atom stereocenters. The first-order valence-electron chi connectivity index (χ1n) is 3.79. The molecule has 2 nitrogen and oxygen atoms in total. The van der Waals surface area contributed by atoms with E-state index in [1.165, 1.54) is 0 Å². The summed E-state index contributed by atoms with van der Waals surface area (Å²) in [5, 5.41) is 0. The van der Waals surface area contributed by atoms with E-state index in [0.717, 1.165) is 9.95 Å². The molecule has 0 spiro atoms. The monoisotopic (exact) mass is 204 g/mol. The highest BCUT2D eigenvalue weighted by atomic mass is 32.2. The van der Waals surface area contributed by atoms with E-state index in [1.807, 2.05) is 0 Å². The molecule has 0 bridgehead atoms. The first kappa shape index (κ1) is 10.2. The molecule has 0 N–H and O–H groups in total. The van der Waals surface area contributed by atoms with Crippen LogP contribution in [0.3, 0.4) is 0 Å². The molecule has 0 unspecified atom stereocenters. The van der Waals surface area contributed by atoms with Crippen LogP contribution in [0.5, 0.6) is 0 Å². The minimum absolute atomic E-state index is 0.196. The van der Waals surface area contributed by atoms with E-state index in [9.17, 15) is 0 Å². The zero-order valence-corrected chi connectivity index (χ0v) is 8.46. The van der Waals surface area contributed by atoms with Gasteiger partial charge in [0.05, 0.1) is 30.1 Å². The molecule has 0 amide bonds. The zero-order chi connectivity index (χ0) is 8.81. The van der Waals surface area contributed by atoms with Crippen molar-refractivity contribution < 1.29 is 9.47 Å². The fourth-order valence-corrected chi connectivity index (χ4v) is 1.83. The lowest BCUT2D eigenvalue weighted by Gasteiger charge is -2.22. The third kappa shape index (κ3) is 3.67. The van der Waals surface area contributed by atoms with Gasteiger partial charge in [0.25, 0.3) is 0 Å². The minimum Gasteiger partial charge on any atom is -0.375 e. The quantitative estimate of drug-likeness (QED) is 0.393. The summed E-state index contributed by atoms with van der Waals surface area (Å²) in [5.41, 5.74) is 0. The maximum Gasteiger partial charge on any atom is 0.0907 e. The molecule has 68 valence electrons. The molecule has 4 heteroatoms. The highest BCUT2D eigenvalue weighted by molar-refractivity contribution is 8.23. The Morgan fingerprint density at radius 1 is 1.83 bits per heavy atom. The van der Waals surface area contributed by atoms with Crippen LogP contribution < -0.4 is 0 Å². The molecule has 0 aliphatic carbocycles. The first-order chi connectivity index (χ1) is 5.83. The number of ether oxygens (including phenoxy) is 2.